The number of carbonyl (C=O) groups is 1. The van der Waals surface area contributed by atoms with Crippen molar-refractivity contribution in [3.8, 4) is 11.5 Å². The van der Waals surface area contributed by atoms with Crippen molar-refractivity contribution in [3.63, 3.8) is 0 Å². The number of amidine groups is 1. The van der Waals surface area contributed by atoms with Gasteiger partial charge in [0.05, 0.1) is 48.9 Å². The number of sulfone groups is 1. The highest BCUT2D eigenvalue weighted by Crippen LogP contribution is 2.43. The monoisotopic (exact) mass is 514 g/mol. The predicted octanol–water partition coefficient (Wildman–Crippen LogP) is 3.85. The average molecular weight is 515 g/mol. The van der Waals surface area contributed by atoms with E-state index in [1.54, 1.807) is 48.4 Å². The highest BCUT2D eigenvalue weighted by Gasteiger charge is 2.49. The zero-order chi connectivity index (χ0) is 23.0. The van der Waals surface area contributed by atoms with Crippen molar-refractivity contribution in [2.75, 3.05) is 30.6 Å². The van der Waals surface area contributed by atoms with Crippen LogP contribution in [0.1, 0.15) is 5.56 Å². The number of rotatable bonds is 5. The minimum atomic E-state index is -3.19. The van der Waals surface area contributed by atoms with Gasteiger partial charge in [-0.15, -0.1) is 0 Å². The van der Waals surface area contributed by atoms with E-state index in [9.17, 15) is 13.2 Å². The van der Waals surface area contributed by atoms with Crippen molar-refractivity contribution in [3.05, 3.63) is 52.0 Å². The van der Waals surface area contributed by atoms with Gasteiger partial charge in [-0.25, -0.2) is 8.42 Å². The molecule has 0 aliphatic carbocycles. The minimum absolute atomic E-state index is 0.0277. The van der Waals surface area contributed by atoms with Gasteiger partial charge >= 0.3 is 0 Å². The Kier molecular flexibility index (Phi) is 6.63. The van der Waals surface area contributed by atoms with Gasteiger partial charge in [-0.2, -0.15) is 4.99 Å². The summed E-state index contributed by atoms with van der Waals surface area (Å²) in [5.41, 5.74) is 1.25. The summed E-state index contributed by atoms with van der Waals surface area (Å²) in [5, 5.41) is 1.04. The SMILES string of the molecule is COc1ccc(CC(=O)N=C2S[C@@H]3CS(=O)(=O)C[C@@H]3N2c2cc(Cl)ccc2Cl)cc1OC. The van der Waals surface area contributed by atoms with Gasteiger partial charge in [0.15, 0.2) is 26.5 Å². The van der Waals surface area contributed by atoms with Crippen molar-refractivity contribution >= 4 is 61.6 Å². The van der Waals surface area contributed by atoms with Crippen LogP contribution in [0.15, 0.2) is 41.4 Å². The molecule has 2 heterocycles. The summed E-state index contributed by atoms with van der Waals surface area (Å²) in [6, 6.07) is 9.81. The normalized spacial score (nSPS) is 22.8. The first-order valence-electron chi connectivity index (χ1n) is 9.64. The number of anilines is 1. The number of hydrogen-bond acceptors (Lipinski definition) is 6. The number of fused-ring (bicyclic) bond motifs is 1. The molecule has 0 N–H and O–H groups in total. The third-order valence-corrected chi connectivity index (χ3v) is 9.02. The second-order valence-corrected chi connectivity index (χ2v) is 11.6. The second-order valence-electron chi connectivity index (χ2n) is 7.42. The Morgan fingerprint density at radius 1 is 1.12 bits per heavy atom. The van der Waals surface area contributed by atoms with Gasteiger partial charge in [-0.3, -0.25) is 4.79 Å². The standard InChI is InChI=1S/C21H20Cl2N2O5S2/c1-29-17-6-3-12(7-18(17)30-2)8-20(26)24-21-25(15-9-13(22)4-5-14(15)23)16-10-32(27,28)11-19(16)31-21/h3-7,9,16,19H,8,10-11H2,1-2H3/t16-,19+/m0/s1. The van der Waals surface area contributed by atoms with Gasteiger partial charge in [-0.1, -0.05) is 41.0 Å². The molecule has 0 unspecified atom stereocenters. The highest BCUT2D eigenvalue weighted by atomic mass is 35.5. The van der Waals surface area contributed by atoms with Gasteiger partial charge < -0.3 is 14.4 Å². The van der Waals surface area contributed by atoms with Crippen molar-refractivity contribution in [2.24, 2.45) is 4.99 Å². The number of ether oxygens (including phenoxy) is 2. The number of halogens is 2. The molecule has 2 saturated heterocycles. The first-order valence-corrected chi connectivity index (χ1v) is 13.1. The smallest absolute Gasteiger partial charge is 0.252 e. The Balaban J connectivity index is 1.65. The number of aliphatic imine (C=N–C) groups is 1. The summed E-state index contributed by atoms with van der Waals surface area (Å²) in [4.78, 5) is 18.9. The average Bonchev–Trinajstić information content (AvgIpc) is 3.20. The van der Waals surface area contributed by atoms with Gasteiger partial charge in [0.2, 0.25) is 0 Å². The maximum absolute atomic E-state index is 12.8. The molecule has 2 aromatic carbocycles. The molecule has 7 nitrogen and oxygen atoms in total. The van der Waals surface area contributed by atoms with Crippen LogP contribution in [-0.4, -0.2) is 56.5 Å². The predicted molar refractivity (Wildman–Crippen MR) is 128 cm³/mol. The van der Waals surface area contributed by atoms with Crippen LogP contribution < -0.4 is 14.4 Å². The number of nitrogens with zero attached hydrogens (tertiary/aromatic N) is 2. The number of benzene rings is 2. The van der Waals surface area contributed by atoms with Gasteiger partial charge in [0.25, 0.3) is 5.91 Å². The third-order valence-electron chi connectivity index (χ3n) is 5.26. The fraction of sp³-hybridized carbons (Fsp3) is 0.333. The summed E-state index contributed by atoms with van der Waals surface area (Å²) in [6.45, 7) is 0. The molecule has 2 aliphatic rings. The minimum Gasteiger partial charge on any atom is -0.493 e. The van der Waals surface area contributed by atoms with Crippen LogP contribution in [0.2, 0.25) is 10.0 Å². The van der Waals surface area contributed by atoms with Gasteiger partial charge in [0, 0.05) is 10.3 Å². The van der Waals surface area contributed by atoms with Crippen LogP contribution >= 0.6 is 35.0 Å². The fourth-order valence-electron chi connectivity index (χ4n) is 3.83. The lowest BCUT2D eigenvalue weighted by Crippen LogP contribution is -2.38. The fourth-order valence-corrected chi connectivity index (χ4v) is 8.13. The van der Waals surface area contributed by atoms with E-state index in [2.05, 4.69) is 4.99 Å². The zero-order valence-electron chi connectivity index (χ0n) is 17.2. The summed E-state index contributed by atoms with van der Waals surface area (Å²) in [5.74, 6) is 0.715. The highest BCUT2D eigenvalue weighted by molar-refractivity contribution is 8.16. The topological polar surface area (TPSA) is 85.3 Å². The summed E-state index contributed by atoms with van der Waals surface area (Å²) >= 11 is 13.9. The van der Waals surface area contributed by atoms with E-state index < -0.39 is 9.84 Å². The quantitative estimate of drug-likeness (QED) is 0.598. The molecule has 170 valence electrons. The number of amides is 1. The van der Waals surface area contributed by atoms with E-state index >= 15 is 0 Å². The van der Waals surface area contributed by atoms with Gasteiger partial charge in [-0.05, 0) is 35.9 Å². The second kappa shape index (κ2) is 9.13. The Hall–Kier alpha value is -1.94. The molecule has 2 fully saturated rings. The van der Waals surface area contributed by atoms with Crippen molar-refractivity contribution < 1.29 is 22.7 Å². The Morgan fingerprint density at radius 2 is 1.88 bits per heavy atom. The number of thioether (sulfide) groups is 1. The lowest BCUT2D eigenvalue weighted by atomic mass is 10.1. The molecular formula is C21H20Cl2N2O5S2. The number of methoxy groups -OCH3 is 2. The Bertz CT molecular complexity index is 1200. The third kappa shape index (κ3) is 4.71. The molecule has 4 rings (SSSR count). The van der Waals surface area contributed by atoms with Crippen molar-refractivity contribution in [1.29, 1.82) is 0 Å². The molecule has 0 spiro atoms. The van der Waals surface area contributed by atoms with Crippen LogP contribution in [0.25, 0.3) is 0 Å². The first kappa shape index (κ1) is 23.2. The van der Waals surface area contributed by atoms with Crippen LogP contribution in [0, 0.1) is 0 Å². The molecule has 2 aliphatic heterocycles. The van der Waals surface area contributed by atoms with E-state index in [1.807, 2.05) is 0 Å². The van der Waals surface area contributed by atoms with Crippen LogP contribution in [0.3, 0.4) is 0 Å². The van der Waals surface area contributed by atoms with E-state index in [-0.39, 0.29) is 35.1 Å². The van der Waals surface area contributed by atoms with E-state index in [0.717, 1.165) is 5.56 Å². The summed E-state index contributed by atoms with van der Waals surface area (Å²) in [6.07, 6.45) is 0.0508. The lowest BCUT2D eigenvalue weighted by molar-refractivity contribution is -0.117. The summed E-state index contributed by atoms with van der Waals surface area (Å²) < 4.78 is 35.0. The molecule has 0 bridgehead atoms. The van der Waals surface area contributed by atoms with Crippen LogP contribution in [0.4, 0.5) is 5.69 Å². The maximum Gasteiger partial charge on any atom is 0.252 e. The van der Waals surface area contributed by atoms with Gasteiger partial charge in [0.1, 0.15) is 0 Å². The number of hydrogen-bond donors (Lipinski definition) is 0. The molecular weight excluding hydrogens is 495 g/mol. The Morgan fingerprint density at radius 3 is 2.59 bits per heavy atom. The lowest BCUT2D eigenvalue weighted by Gasteiger charge is -2.25. The maximum atomic E-state index is 12.8. The molecule has 11 heteroatoms. The van der Waals surface area contributed by atoms with E-state index in [1.165, 1.54) is 18.9 Å². The van der Waals surface area contributed by atoms with Crippen molar-refractivity contribution in [1.82, 2.24) is 0 Å². The molecule has 2 atom stereocenters. The summed E-state index contributed by atoms with van der Waals surface area (Å²) in [7, 11) is -0.122. The van der Waals surface area contributed by atoms with E-state index in [4.69, 9.17) is 32.7 Å². The number of carbonyl (C=O) groups excluding carboxylic acids is 1. The molecule has 1 amide bonds. The van der Waals surface area contributed by atoms with Crippen LogP contribution in [-0.2, 0) is 21.1 Å². The molecule has 2 aromatic rings. The molecule has 32 heavy (non-hydrogen) atoms. The molecule has 0 aromatic heterocycles. The largest absolute Gasteiger partial charge is 0.493 e. The van der Waals surface area contributed by atoms with Crippen LogP contribution in [0.5, 0.6) is 11.5 Å². The molecule has 0 radical (unpaired) electrons. The zero-order valence-corrected chi connectivity index (χ0v) is 20.4. The van der Waals surface area contributed by atoms with Crippen molar-refractivity contribution in [2.45, 2.75) is 17.7 Å². The molecule has 0 saturated carbocycles. The van der Waals surface area contributed by atoms with E-state index in [0.29, 0.717) is 32.4 Å². The first-order chi connectivity index (χ1) is 15.2. The Labute approximate surface area is 200 Å².